The molecule has 0 N–H and O–H groups in total. The molecule has 0 aliphatic heterocycles. The van der Waals surface area contributed by atoms with Crippen LogP contribution >= 0.6 is 0 Å². The van der Waals surface area contributed by atoms with Gasteiger partial charge in [-0.05, 0) is 101 Å². The highest BCUT2D eigenvalue weighted by Crippen LogP contribution is 2.46. The number of hydrogen-bond acceptors (Lipinski definition) is 0. The monoisotopic (exact) mass is 764 g/mol. The number of benzene rings is 10. The van der Waals surface area contributed by atoms with E-state index in [0.717, 1.165) is 0 Å². The maximum atomic E-state index is 2.36. The largest absolute Gasteiger partial charge is 0.0622 e. The molecule has 0 aliphatic rings. The fourth-order valence-electron chi connectivity index (χ4n) is 8.15. The van der Waals surface area contributed by atoms with Crippen molar-refractivity contribution in [1.82, 2.24) is 0 Å². The van der Waals surface area contributed by atoms with Gasteiger partial charge in [-0.2, -0.15) is 0 Å². The summed E-state index contributed by atoms with van der Waals surface area (Å²) in [6.45, 7) is 0. The third-order valence-corrected chi connectivity index (χ3v) is 11.0. The van der Waals surface area contributed by atoms with E-state index in [2.05, 4.69) is 267 Å². The van der Waals surface area contributed by atoms with Crippen LogP contribution in [0.25, 0.3) is 89.0 Å². The third-order valence-electron chi connectivity index (χ3n) is 11.0. The van der Waals surface area contributed by atoms with E-state index in [9.17, 15) is 0 Å². The maximum Gasteiger partial charge on any atom is -0.00206 e. The molecule has 0 saturated carbocycles. The summed E-state index contributed by atoms with van der Waals surface area (Å²) in [6, 6.07) is 94.8. The molecule has 10 aromatic carbocycles. The van der Waals surface area contributed by atoms with E-state index in [1.807, 2.05) is 0 Å². The van der Waals surface area contributed by atoms with Crippen molar-refractivity contribution < 1.29 is 0 Å². The zero-order valence-corrected chi connectivity index (χ0v) is 33.4. The molecule has 0 aliphatic carbocycles. The fourth-order valence-corrected chi connectivity index (χ4v) is 8.15. The fraction of sp³-hybridized carbons (Fsp3) is 0. The molecule has 0 heteroatoms. The first-order valence-corrected chi connectivity index (χ1v) is 20.6. The molecule has 0 nitrogen and oxygen atoms in total. The first kappa shape index (κ1) is 37.8. The minimum absolute atomic E-state index is 1.23. The Balaban J connectivity index is 0.000000154. The molecule has 0 fully saturated rings. The summed E-state index contributed by atoms with van der Waals surface area (Å²) < 4.78 is 0. The van der Waals surface area contributed by atoms with Gasteiger partial charge in [-0.3, -0.25) is 0 Å². The van der Waals surface area contributed by atoms with E-state index < -0.39 is 0 Å². The predicted octanol–water partition coefficient (Wildman–Crippen LogP) is 16.7. The van der Waals surface area contributed by atoms with Crippen LogP contribution in [-0.2, 0) is 0 Å². The van der Waals surface area contributed by atoms with Gasteiger partial charge in [0.05, 0.1) is 0 Å². The lowest BCUT2D eigenvalue weighted by Crippen LogP contribution is -1.94. The molecule has 0 amide bonds. The topological polar surface area (TPSA) is 0 Å². The van der Waals surface area contributed by atoms with Crippen molar-refractivity contribution in [2.45, 2.75) is 0 Å². The molecule has 10 rings (SSSR count). The van der Waals surface area contributed by atoms with E-state index in [1.54, 1.807) is 0 Å². The molecule has 0 saturated heterocycles. The van der Waals surface area contributed by atoms with Gasteiger partial charge in [0.25, 0.3) is 0 Å². The highest BCUT2D eigenvalue weighted by molar-refractivity contribution is 6.01. The summed E-state index contributed by atoms with van der Waals surface area (Å²) in [4.78, 5) is 0. The van der Waals surface area contributed by atoms with E-state index in [0.29, 0.717) is 0 Å². The Bertz CT molecular complexity index is 2480. The van der Waals surface area contributed by atoms with Crippen LogP contribution in [0.2, 0.25) is 0 Å². The first-order valence-electron chi connectivity index (χ1n) is 20.6. The number of hydrogen-bond donors (Lipinski definition) is 0. The summed E-state index contributed by atoms with van der Waals surface area (Å²) in [5, 5.41) is 0. The van der Waals surface area contributed by atoms with Crippen molar-refractivity contribution in [3.05, 3.63) is 267 Å². The van der Waals surface area contributed by atoms with Gasteiger partial charge in [-0.15, -0.1) is 0 Å². The summed E-state index contributed by atoms with van der Waals surface area (Å²) in [5.74, 6) is 0. The van der Waals surface area contributed by atoms with Gasteiger partial charge in [0.1, 0.15) is 0 Å². The molecule has 0 atom stereocenters. The number of rotatable bonds is 8. The lowest BCUT2D eigenvalue weighted by Gasteiger charge is -2.20. The zero-order chi connectivity index (χ0) is 40.4. The summed E-state index contributed by atoms with van der Waals surface area (Å²) in [5.41, 5.74) is 19.9. The Hall–Kier alpha value is -7.80. The molecular formula is C60H44. The van der Waals surface area contributed by atoms with Crippen molar-refractivity contribution in [2.24, 2.45) is 0 Å². The van der Waals surface area contributed by atoms with Crippen LogP contribution in [0.1, 0.15) is 0 Å². The SMILES string of the molecule is c1ccc(-c2cc(-c3ccccc3)c(-c3ccccc3)cc2-c2ccccc2)cc1.c1ccc(-c2ccc(-c3ccccc3)c(-c3ccccc3)c2-c2ccccc2)cc1. The minimum atomic E-state index is 1.23. The molecule has 284 valence electrons. The molecule has 0 heterocycles. The van der Waals surface area contributed by atoms with Crippen LogP contribution < -0.4 is 0 Å². The Morgan fingerprint density at radius 1 is 0.133 bits per heavy atom. The van der Waals surface area contributed by atoms with Crippen LogP contribution in [0.5, 0.6) is 0 Å². The third kappa shape index (κ3) is 8.27. The normalized spacial score (nSPS) is 10.7. The molecule has 60 heavy (non-hydrogen) atoms. The molecule has 10 aromatic rings. The van der Waals surface area contributed by atoms with Crippen LogP contribution in [0, 0.1) is 0 Å². The summed E-state index contributed by atoms with van der Waals surface area (Å²) in [6.07, 6.45) is 0. The lowest BCUT2D eigenvalue weighted by molar-refractivity contribution is 1.54. The predicted molar refractivity (Wildman–Crippen MR) is 256 cm³/mol. The van der Waals surface area contributed by atoms with Gasteiger partial charge >= 0.3 is 0 Å². The quantitative estimate of drug-likeness (QED) is 0.145. The second-order valence-electron chi connectivity index (χ2n) is 14.8. The highest BCUT2D eigenvalue weighted by Gasteiger charge is 2.19. The first-order chi connectivity index (χ1) is 29.8. The van der Waals surface area contributed by atoms with Crippen molar-refractivity contribution >= 4 is 0 Å². The molecular weight excluding hydrogens is 721 g/mol. The molecule has 0 aromatic heterocycles. The Kier molecular flexibility index (Phi) is 11.5. The van der Waals surface area contributed by atoms with Crippen molar-refractivity contribution in [2.75, 3.05) is 0 Å². The van der Waals surface area contributed by atoms with E-state index in [1.165, 1.54) is 89.0 Å². The minimum Gasteiger partial charge on any atom is -0.0622 e. The lowest BCUT2D eigenvalue weighted by atomic mass is 9.83. The van der Waals surface area contributed by atoms with Gasteiger partial charge in [0.15, 0.2) is 0 Å². The average molecular weight is 765 g/mol. The van der Waals surface area contributed by atoms with Gasteiger partial charge < -0.3 is 0 Å². The van der Waals surface area contributed by atoms with Crippen LogP contribution in [-0.4, -0.2) is 0 Å². The van der Waals surface area contributed by atoms with Crippen molar-refractivity contribution in [1.29, 1.82) is 0 Å². The molecule has 0 bridgehead atoms. The van der Waals surface area contributed by atoms with Gasteiger partial charge in [-0.25, -0.2) is 0 Å². The van der Waals surface area contributed by atoms with Gasteiger partial charge in [0.2, 0.25) is 0 Å². The Labute approximate surface area is 354 Å². The Morgan fingerprint density at radius 3 is 0.500 bits per heavy atom. The van der Waals surface area contributed by atoms with Gasteiger partial charge in [-0.1, -0.05) is 255 Å². The van der Waals surface area contributed by atoms with E-state index >= 15 is 0 Å². The second-order valence-corrected chi connectivity index (χ2v) is 14.8. The Morgan fingerprint density at radius 2 is 0.300 bits per heavy atom. The molecule has 0 unspecified atom stereocenters. The van der Waals surface area contributed by atoms with Gasteiger partial charge in [0, 0.05) is 0 Å². The summed E-state index contributed by atoms with van der Waals surface area (Å²) in [7, 11) is 0. The van der Waals surface area contributed by atoms with E-state index in [-0.39, 0.29) is 0 Å². The molecule has 0 radical (unpaired) electrons. The van der Waals surface area contributed by atoms with Crippen LogP contribution in [0.4, 0.5) is 0 Å². The van der Waals surface area contributed by atoms with Crippen molar-refractivity contribution in [3.63, 3.8) is 0 Å². The highest BCUT2D eigenvalue weighted by atomic mass is 14.2. The van der Waals surface area contributed by atoms with E-state index in [4.69, 9.17) is 0 Å². The maximum absolute atomic E-state index is 2.36. The standard InChI is InChI=1S/2C30H22/c1-5-13-23(14-6-1)27-21-29(25-17-9-3-10-18-25)30(26-19-11-4-12-20-26)22-28(27)24-15-7-2-8-16-24;1-5-13-23(14-6-1)27-21-22-28(24-15-7-2-8-16-24)30(26-19-11-4-12-20-26)29(27)25-17-9-3-10-18-25/h2*1-22H. The molecule has 0 spiro atoms. The van der Waals surface area contributed by atoms with Crippen LogP contribution in [0.3, 0.4) is 0 Å². The second kappa shape index (κ2) is 18.2. The average Bonchev–Trinajstić information content (AvgIpc) is 3.35. The zero-order valence-electron chi connectivity index (χ0n) is 33.4. The van der Waals surface area contributed by atoms with Crippen molar-refractivity contribution in [3.8, 4) is 89.0 Å². The van der Waals surface area contributed by atoms with Crippen LogP contribution in [0.15, 0.2) is 267 Å². The smallest absolute Gasteiger partial charge is 0.00206 e. The summed E-state index contributed by atoms with van der Waals surface area (Å²) >= 11 is 0.